The average molecular weight is 308 g/mol. The fourth-order valence-corrected chi connectivity index (χ4v) is 3.63. The van der Waals surface area contributed by atoms with Crippen LogP contribution in [0.15, 0.2) is 41.0 Å². The van der Waals surface area contributed by atoms with E-state index >= 15 is 0 Å². The Balaban J connectivity index is 2.29. The Hall–Kier alpha value is -1.44. The molecule has 7 heteroatoms. The van der Waals surface area contributed by atoms with Gasteiger partial charge in [0, 0.05) is 5.75 Å². The maximum Gasteiger partial charge on any atom is 0.243 e. The molecule has 0 aliphatic rings. The molecule has 3 N–H and O–H groups in total. The van der Waals surface area contributed by atoms with E-state index in [-0.39, 0.29) is 5.91 Å². The van der Waals surface area contributed by atoms with Gasteiger partial charge >= 0.3 is 0 Å². The third kappa shape index (κ3) is 3.17. The monoisotopic (exact) mass is 308 g/mol. The van der Waals surface area contributed by atoms with Gasteiger partial charge in [0.15, 0.2) is 4.34 Å². The van der Waals surface area contributed by atoms with Gasteiger partial charge in [-0.25, -0.2) is 4.98 Å². The number of carbonyl (C=O) groups is 1. The summed E-state index contributed by atoms with van der Waals surface area (Å²) < 4.78 is 4.78. The fourth-order valence-electron chi connectivity index (χ4n) is 1.96. The van der Waals surface area contributed by atoms with Gasteiger partial charge in [-0.1, -0.05) is 49.0 Å². The van der Waals surface area contributed by atoms with Crippen molar-refractivity contribution in [1.82, 2.24) is 14.7 Å². The Morgan fingerprint density at radius 2 is 2.20 bits per heavy atom. The molecule has 1 aromatic carbocycles. The predicted molar refractivity (Wildman–Crippen MR) is 81.6 cm³/mol. The van der Waals surface area contributed by atoms with Crippen molar-refractivity contribution in [2.24, 2.45) is 5.73 Å². The number of hydrogen-bond donors (Lipinski definition) is 2. The van der Waals surface area contributed by atoms with Gasteiger partial charge in [0.1, 0.15) is 11.9 Å². The van der Waals surface area contributed by atoms with Crippen LogP contribution >= 0.6 is 23.3 Å². The zero-order valence-electron chi connectivity index (χ0n) is 11.1. The van der Waals surface area contributed by atoms with Crippen LogP contribution in [0.1, 0.15) is 12.5 Å². The van der Waals surface area contributed by atoms with E-state index in [4.69, 9.17) is 5.73 Å². The van der Waals surface area contributed by atoms with Crippen molar-refractivity contribution in [3.63, 3.8) is 0 Å². The summed E-state index contributed by atoms with van der Waals surface area (Å²) in [5.74, 6) is 0.0950. The quantitative estimate of drug-likeness (QED) is 0.760. The first kappa shape index (κ1) is 15.0. The maximum atomic E-state index is 12.1. The molecule has 0 aliphatic heterocycles. The molecule has 1 aromatic heterocycles. The molecule has 5 nitrogen and oxygen atoms in total. The summed E-state index contributed by atoms with van der Waals surface area (Å²) in [6, 6.07) is 9.54. The number of primary amides is 1. The number of nitrogens with one attached hydrogen (secondary N) is 1. The van der Waals surface area contributed by atoms with Crippen LogP contribution in [0, 0.1) is 0 Å². The van der Waals surface area contributed by atoms with Crippen molar-refractivity contribution in [2.75, 3.05) is 12.3 Å². The first-order valence-corrected chi connectivity index (χ1v) is 7.95. The van der Waals surface area contributed by atoms with E-state index in [0.717, 1.165) is 9.90 Å². The Kier molecular flexibility index (Phi) is 5.11. The SMILES string of the molecule is CCNC(CSc1ncns1)(C(N)=O)c1ccccc1. The van der Waals surface area contributed by atoms with Gasteiger partial charge in [-0.3, -0.25) is 10.1 Å². The lowest BCUT2D eigenvalue weighted by Gasteiger charge is -2.31. The molecular weight excluding hydrogens is 292 g/mol. The molecule has 1 unspecified atom stereocenters. The van der Waals surface area contributed by atoms with Crippen molar-refractivity contribution >= 4 is 29.2 Å². The molecule has 0 aliphatic carbocycles. The van der Waals surface area contributed by atoms with Crippen LogP contribution in [-0.2, 0) is 10.3 Å². The number of likely N-dealkylation sites (N-methyl/N-ethyl adjacent to an activating group) is 1. The largest absolute Gasteiger partial charge is 0.368 e. The molecule has 106 valence electrons. The first-order chi connectivity index (χ1) is 9.69. The highest BCUT2D eigenvalue weighted by Crippen LogP contribution is 2.30. The van der Waals surface area contributed by atoms with Crippen molar-refractivity contribution < 1.29 is 4.79 Å². The zero-order chi connectivity index (χ0) is 14.4. The number of benzene rings is 1. The lowest BCUT2D eigenvalue weighted by Crippen LogP contribution is -2.54. The van der Waals surface area contributed by atoms with Gasteiger partial charge in [0.05, 0.1) is 0 Å². The molecule has 1 atom stereocenters. The van der Waals surface area contributed by atoms with E-state index in [9.17, 15) is 4.79 Å². The Bertz CT molecular complexity index is 547. The fraction of sp³-hybridized carbons (Fsp3) is 0.308. The summed E-state index contributed by atoms with van der Waals surface area (Å²) in [5, 5.41) is 3.24. The van der Waals surface area contributed by atoms with E-state index < -0.39 is 5.54 Å². The van der Waals surface area contributed by atoms with Crippen LogP contribution in [0.2, 0.25) is 0 Å². The van der Waals surface area contributed by atoms with Gasteiger partial charge in [-0.05, 0) is 23.6 Å². The second kappa shape index (κ2) is 6.83. The summed E-state index contributed by atoms with van der Waals surface area (Å²) in [7, 11) is 0. The number of hydrogen-bond acceptors (Lipinski definition) is 6. The lowest BCUT2D eigenvalue weighted by atomic mass is 9.91. The smallest absolute Gasteiger partial charge is 0.243 e. The zero-order valence-corrected chi connectivity index (χ0v) is 12.7. The average Bonchev–Trinajstić information content (AvgIpc) is 2.97. The number of nitrogens with zero attached hydrogens (tertiary/aromatic N) is 2. The Morgan fingerprint density at radius 1 is 1.45 bits per heavy atom. The van der Waals surface area contributed by atoms with E-state index in [2.05, 4.69) is 14.7 Å². The highest BCUT2D eigenvalue weighted by Gasteiger charge is 2.38. The van der Waals surface area contributed by atoms with Crippen molar-refractivity contribution in [2.45, 2.75) is 16.8 Å². The number of thioether (sulfide) groups is 1. The summed E-state index contributed by atoms with van der Waals surface area (Å²) in [6.07, 6.45) is 1.51. The molecule has 0 saturated heterocycles. The van der Waals surface area contributed by atoms with Crippen LogP contribution in [-0.4, -0.2) is 27.6 Å². The highest BCUT2D eigenvalue weighted by atomic mass is 32.2. The molecule has 2 aromatic rings. The lowest BCUT2D eigenvalue weighted by molar-refractivity contribution is -0.123. The summed E-state index contributed by atoms with van der Waals surface area (Å²) in [4.78, 5) is 16.2. The van der Waals surface area contributed by atoms with E-state index in [0.29, 0.717) is 12.3 Å². The summed E-state index contributed by atoms with van der Waals surface area (Å²) >= 11 is 2.79. The molecule has 0 fully saturated rings. The van der Waals surface area contributed by atoms with Gasteiger partial charge in [-0.2, -0.15) is 4.37 Å². The molecule has 0 bridgehead atoms. The second-order valence-electron chi connectivity index (χ2n) is 4.16. The molecule has 2 rings (SSSR count). The van der Waals surface area contributed by atoms with E-state index in [1.807, 2.05) is 37.3 Å². The van der Waals surface area contributed by atoms with Gasteiger partial charge in [0.25, 0.3) is 0 Å². The second-order valence-corrected chi connectivity index (χ2v) is 6.16. The van der Waals surface area contributed by atoms with E-state index in [1.54, 1.807) is 0 Å². The van der Waals surface area contributed by atoms with Crippen LogP contribution in [0.5, 0.6) is 0 Å². The molecule has 0 saturated carbocycles. The molecule has 1 heterocycles. The van der Waals surface area contributed by atoms with Gasteiger partial charge in [-0.15, -0.1) is 0 Å². The number of aromatic nitrogens is 2. The molecule has 0 spiro atoms. The predicted octanol–water partition coefficient (Wildman–Crippen LogP) is 1.62. The van der Waals surface area contributed by atoms with Gasteiger partial charge in [0.2, 0.25) is 5.91 Å². The Labute approximate surface area is 126 Å². The van der Waals surface area contributed by atoms with Crippen LogP contribution in [0.25, 0.3) is 0 Å². The highest BCUT2D eigenvalue weighted by molar-refractivity contribution is 8.01. The third-order valence-electron chi connectivity index (χ3n) is 2.92. The number of carbonyl (C=O) groups excluding carboxylic acids is 1. The number of rotatable bonds is 7. The third-order valence-corrected chi connectivity index (χ3v) is 4.89. The van der Waals surface area contributed by atoms with Crippen molar-refractivity contribution in [3.8, 4) is 0 Å². The topological polar surface area (TPSA) is 80.9 Å². The van der Waals surface area contributed by atoms with Gasteiger partial charge < -0.3 is 5.73 Å². The van der Waals surface area contributed by atoms with Crippen molar-refractivity contribution in [3.05, 3.63) is 42.2 Å². The standard InChI is InChI=1S/C13H16N4OS2/c1-2-16-13(11(14)18,10-6-4-3-5-7-10)8-19-12-15-9-17-20-12/h3-7,9,16H,2,8H2,1H3,(H2,14,18). The first-order valence-electron chi connectivity index (χ1n) is 6.19. The molecule has 0 radical (unpaired) electrons. The van der Waals surface area contributed by atoms with Crippen LogP contribution < -0.4 is 11.1 Å². The minimum atomic E-state index is -0.896. The van der Waals surface area contributed by atoms with Crippen LogP contribution in [0.3, 0.4) is 0 Å². The molecule has 1 amide bonds. The minimum Gasteiger partial charge on any atom is -0.368 e. The normalized spacial score (nSPS) is 13.8. The Morgan fingerprint density at radius 3 is 2.75 bits per heavy atom. The molecule has 20 heavy (non-hydrogen) atoms. The maximum absolute atomic E-state index is 12.1. The summed E-state index contributed by atoms with van der Waals surface area (Å²) in [5.41, 5.74) is 5.65. The number of amides is 1. The summed E-state index contributed by atoms with van der Waals surface area (Å²) in [6.45, 7) is 2.60. The molecular formula is C13H16N4OS2. The van der Waals surface area contributed by atoms with Crippen molar-refractivity contribution in [1.29, 1.82) is 0 Å². The minimum absolute atomic E-state index is 0.387. The number of nitrogens with two attached hydrogens (primary N) is 1. The van der Waals surface area contributed by atoms with Crippen LogP contribution in [0.4, 0.5) is 0 Å². The van der Waals surface area contributed by atoms with E-state index in [1.165, 1.54) is 29.6 Å².